The molecule has 0 spiro atoms. The van der Waals surface area contributed by atoms with Crippen LogP contribution in [0, 0.1) is 3.57 Å². The number of hydrogen-bond donors (Lipinski definition) is 0. The Kier molecular flexibility index (Phi) is 3.30. The van der Waals surface area contributed by atoms with Crippen LogP contribution in [-0.2, 0) is 0 Å². The van der Waals surface area contributed by atoms with E-state index in [0.717, 1.165) is 25.6 Å². The molecule has 1 fully saturated rings. The van der Waals surface area contributed by atoms with Gasteiger partial charge in [0.15, 0.2) is 5.82 Å². The van der Waals surface area contributed by atoms with Gasteiger partial charge in [-0.25, -0.2) is 9.97 Å². The molecular formula is C16H11ClIN3. The summed E-state index contributed by atoms with van der Waals surface area (Å²) in [5.74, 6) is 1.21. The van der Waals surface area contributed by atoms with Crippen LogP contribution in [0.1, 0.15) is 24.5 Å². The smallest absolute Gasteiger partial charge is 0.163 e. The minimum atomic E-state index is 0.537. The second-order valence-electron chi connectivity index (χ2n) is 5.22. The summed E-state index contributed by atoms with van der Waals surface area (Å²) in [6.07, 6.45) is 6.06. The zero-order valence-corrected chi connectivity index (χ0v) is 14.0. The maximum atomic E-state index is 6.31. The second-order valence-corrected chi connectivity index (χ2v) is 6.66. The van der Waals surface area contributed by atoms with Gasteiger partial charge in [-0.1, -0.05) is 35.9 Å². The molecule has 4 rings (SSSR count). The molecule has 1 aromatic carbocycles. The fraction of sp³-hybridized carbons (Fsp3) is 0.188. The van der Waals surface area contributed by atoms with Crippen molar-refractivity contribution in [1.82, 2.24) is 15.0 Å². The van der Waals surface area contributed by atoms with Crippen LogP contribution >= 0.6 is 34.2 Å². The van der Waals surface area contributed by atoms with Crippen LogP contribution in [0.4, 0.5) is 0 Å². The van der Waals surface area contributed by atoms with Gasteiger partial charge in [0.05, 0.1) is 9.26 Å². The fourth-order valence-corrected chi connectivity index (χ4v) is 3.34. The molecule has 0 atom stereocenters. The number of fused-ring (bicyclic) bond motifs is 1. The topological polar surface area (TPSA) is 38.7 Å². The quantitative estimate of drug-likeness (QED) is 0.451. The monoisotopic (exact) mass is 407 g/mol. The third kappa shape index (κ3) is 2.40. The molecule has 0 bridgehead atoms. The molecule has 5 heteroatoms. The molecule has 104 valence electrons. The molecule has 1 aliphatic carbocycles. The summed E-state index contributed by atoms with van der Waals surface area (Å²) in [4.78, 5) is 13.5. The summed E-state index contributed by atoms with van der Waals surface area (Å²) in [5, 5.41) is 2.73. The Morgan fingerprint density at radius 1 is 1.10 bits per heavy atom. The molecule has 0 radical (unpaired) electrons. The third-order valence-corrected chi connectivity index (χ3v) is 5.37. The van der Waals surface area contributed by atoms with E-state index in [1.807, 2.05) is 30.6 Å². The lowest BCUT2D eigenvalue weighted by atomic mass is 10.1. The Morgan fingerprint density at radius 3 is 2.71 bits per heavy atom. The van der Waals surface area contributed by atoms with Crippen LogP contribution in [0.2, 0.25) is 5.15 Å². The Balaban J connectivity index is 1.96. The van der Waals surface area contributed by atoms with Crippen LogP contribution in [0.15, 0.2) is 36.7 Å². The van der Waals surface area contributed by atoms with Crippen molar-refractivity contribution in [2.75, 3.05) is 0 Å². The minimum Gasteiger partial charge on any atom is -0.263 e. The summed E-state index contributed by atoms with van der Waals surface area (Å²) in [6, 6.07) is 8.13. The minimum absolute atomic E-state index is 0.537. The van der Waals surface area contributed by atoms with Crippen molar-refractivity contribution in [3.63, 3.8) is 0 Å². The number of pyridine rings is 1. The molecular weight excluding hydrogens is 397 g/mol. The average Bonchev–Trinajstić information content (AvgIpc) is 3.34. The van der Waals surface area contributed by atoms with Crippen LogP contribution in [-0.4, -0.2) is 15.0 Å². The zero-order chi connectivity index (χ0) is 14.4. The second kappa shape index (κ2) is 5.18. The van der Waals surface area contributed by atoms with E-state index >= 15 is 0 Å². The Morgan fingerprint density at radius 2 is 1.90 bits per heavy atom. The molecule has 2 heterocycles. The molecule has 0 unspecified atom stereocenters. The number of benzene rings is 1. The highest BCUT2D eigenvalue weighted by molar-refractivity contribution is 14.1. The van der Waals surface area contributed by atoms with Gasteiger partial charge in [0, 0.05) is 29.3 Å². The normalized spacial score (nSPS) is 14.6. The van der Waals surface area contributed by atoms with Crippen molar-refractivity contribution >= 4 is 45.0 Å². The summed E-state index contributed by atoms with van der Waals surface area (Å²) in [6.45, 7) is 0. The van der Waals surface area contributed by atoms with Gasteiger partial charge >= 0.3 is 0 Å². The van der Waals surface area contributed by atoms with Crippen molar-refractivity contribution in [2.45, 2.75) is 18.8 Å². The molecule has 3 aromatic rings. The first-order chi connectivity index (χ1) is 10.2. The molecule has 0 aliphatic heterocycles. The molecule has 0 amide bonds. The number of aromatic nitrogens is 3. The Bertz CT molecular complexity index is 841. The zero-order valence-electron chi connectivity index (χ0n) is 11.1. The highest BCUT2D eigenvalue weighted by Gasteiger charge is 2.29. The van der Waals surface area contributed by atoms with Crippen LogP contribution in [0.25, 0.3) is 22.2 Å². The fourth-order valence-electron chi connectivity index (χ4n) is 2.48. The van der Waals surface area contributed by atoms with E-state index < -0.39 is 0 Å². The average molecular weight is 408 g/mol. The van der Waals surface area contributed by atoms with Gasteiger partial charge in [-0.05, 0) is 40.8 Å². The highest BCUT2D eigenvalue weighted by Crippen LogP contribution is 2.43. The Hall–Kier alpha value is -1.27. The number of nitrogens with zero attached hydrogens (tertiary/aromatic N) is 3. The maximum Gasteiger partial charge on any atom is 0.163 e. The van der Waals surface area contributed by atoms with Crippen molar-refractivity contribution in [3.8, 4) is 11.4 Å². The lowest BCUT2D eigenvalue weighted by Crippen LogP contribution is -2.00. The molecule has 2 aromatic heterocycles. The van der Waals surface area contributed by atoms with Crippen LogP contribution < -0.4 is 0 Å². The predicted octanol–water partition coefficient (Wildman–Crippen LogP) is 4.83. The summed E-state index contributed by atoms with van der Waals surface area (Å²) >= 11 is 8.55. The maximum absolute atomic E-state index is 6.31. The van der Waals surface area contributed by atoms with Crippen molar-refractivity contribution in [3.05, 3.63) is 51.1 Å². The predicted molar refractivity (Wildman–Crippen MR) is 92.5 cm³/mol. The van der Waals surface area contributed by atoms with Gasteiger partial charge in [-0.2, -0.15) is 0 Å². The van der Waals surface area contributed by atoms with Crippen molar-refractivity contribution in [1.29, 1.82) is 0 Å². The standard InChI is InChI=1S/C16H11ClIN3/c17-15-13(18)14(9-5-6-9)20-16(21-15)12-8-19-7-10-3-1-2-4-11(10)12/h1-4,7-9H,5-6H2. The number of halogens is 2. The molecule has 1 saturated carbocycles. The molecule has 0 saturated heterocycles. The lowest BCUT2D eigenvalue weighted by molar-refractivity contribution is 0.978. The first-order valence-electron chi connectivity index (χ1n) is 6.80. The summed E-state index contributed by atoms with van der Waals surface area (Å²) in [7, 11) is 0. The van der Waals surface area contributed by atoms with E-state index in [-0.39, 0.29) is 0 Å². The summed E-state index contributed by atoms with van der Waals surface area (Å²) in [5.41, 5.74) is 2.02. The number of rotatable bonds is 2. The van der Waals surface area contributed by atoms with Gasteiger partial charge in [0.2, 0.25) is 0 Å². The van der Waals surface area contributed by atoms with Gasteiger partial charge < -0.3 is 0 Å². The number of hydrogen-bond acceptors (Lipinski definition) is 3. The Labute approximate surface area is 140 Å². The van der Waals surface area contributed by atoms with Crippen molar-refractivity contribution in [2.24, 2.45) is 0 Å². The van der Waals surface area contributed by atoms with E-state index in [1.165, 1.54) is 12.8 Å². The van der Waals surface area contributed by atoms with Crippen LogP contribution in [0.3, 0.4) is 0 Å². The third-order valence-electron chi connectivity index (χ3n) is 3.71. The van der Waals surface area contributed by atoms with Crippen molar-refractivity contribution < 1.29 is 0 Å². The van der Waals surface area contributed by atoms with Gasteiger partial charge in [0.25, 0.3) is 0 Å². The van der Waals surface area contributed by atoms with Gasteiger partial charge in [0.1, 0.15) is 5.15 Å². The van der Waals surface area contributed by atoms with E-state index in [1.54, 1.807) is 0 Å². The van der Waals surface area contributed by atoms with Crippen LogP contribution in [0.5, 0.6) is 0 Å². The molecule has 0 N–H and O–H groups in total. The molecule has 3 nitrogen and oxygen atoms in total. The first kappa shape index (κ1) is 13.4. The molecule has 21 heavy (non-hydrogen) atoms. The van der Waals surface area contributed by atoms with Gasteiger partial charge in [-0.3, -0.25) is 4.98 Å². The molecule has 1 aliphatic rings. The SMILES string of the molecule is Clc1nc(-c2cncc3ccccc23)nc(C2CC2)c1I. The van der Waals surface area contributed by atoms with E-state index in [9.17, 15) is 0 Å². The lowest BCUT2D eigenvalue weighted by Gasteiger charge is -2.09. The van der Waals surface area contributed by atoms with E-state index in [4.69, 9.17) is 16.6 Å². The van der Waals surface area contributed by atoms with Gasteiger partial charge in [-0.15, -0.1) is 0 Å². The first-order valence-corrected chi connectivity index (χ1v) is 8.26. The summed E-state index contributed by atoms with van der Waals surface area (Å²) < 4.78 is 0.980. The largest absolute Gasteiger partial charge is 0.263 e. The highest BCUT2D eigenvalue weighted by atomic mass is 127. The van der Waals surface area contributed by atoms with E-state index in [2.05, 4.69) is 38.6 Å². The van der Waals surface area contributed by atoms with E-state index in [0.29, 0.717) is 16.9 Å².